The van der Waals surface area contributed by atoms with E-state index in [1.54, 1.807) is 4.72 Å². The maximum absolute atomic E-state index is 10.8. The Bertz CT molecular complexity index is 581. The minimum absolute atomic E-state index is 0.342. The Morgan fingerprint density at radius 2 is 2.06 bits per heavy atom. The van der Waals surface area contributed by atoms with Crippen LogP contribution in [-0.2, 0) is 10.2 Å². The van der Waals surface area contributed by atoms with Gasteiger partial charge in [0.05, 0.1) is 16.2 Å². The third-order valence-corrected chi connectivity index (χ3v) is 2.20. The third kappa shape index (κ3) is 3.39. The molecule has 10 heteroatoms. The number of carboxylic acids is 1. The molecule has 4 N–H and O–H groups in total. The zero-order valence-electron chi connectivity index (χ0n) is 8.15. The minimum Gasteiger partial charge on any atom is -0.478 e. The second-order valence-corrected chi connectivity index (χ2v) is 4.23. The van der Waals surface area contributed by atoms with E-state index in [1.165, 1.54) is 0 Å². The summed E-state index contributed by atoms with van der Waals surface area (Å²) in [6.45, 7) is 0. The number of non-ortho nitro benzene ring substituents is 1. The Balaban J connectivity index is 3.32. The first-order valence-electron chi connectivity index (χ1n) is 4.03. The number of nitro benzene ring substituents is 1. The van der Waals surface area contributed by atoms with Gasteiger partial charge in [-0.15, -0.1) is 0 Å². The quantitative estimate of drug-likeness (QED) is 0.508. The largest absolute Gasteiger partial charge is 0.478 e. The van der Waals surface area contributed by atoms with Gasteiger partial charge in [-0.1, -0.05) is 0 Å². The van der Waals surface area contributed by atoms with Crippen molar-refractivity contribution in [2.75, 3.05) is 4.72 Å². The number of nitrogens with one attached hydrogen (secondary N) is 1. The van der Waals surface area contributed by atoms with Crippen molar-refractivity contribution < 1.29 is 23.2 Å². The van der Waals surface area contributed by atoms with Crippen molar-refractivity contribution in [1.29, 1.82) is 0 Å². The molecule has 0 saturated heterocycles. The van der Waals surface area contributed by atoms with Crippen molar-refractivity contribution in [3.05, 3.63) is 33.9 Å². The second-order valence-electron chi connectivity index (χ2n) is 2.94. The lowest BCUT2D eigenvalue weighted by Crippen LogP contribution is -2.23. The molecule has 0 radical (unpaired) electrons. The highest BCUT2D eigenvalue weighted by molar-refractivity contribution is 7.90. The van der Waals surface area contributed by atoms with E-state index in [-0.39, 0.29) is 5.69 Å². The SMILES string of the molecule is NS(=O)(=O)Nc1ccc([N+](=O)[O-])cc1C(=O)O. The van der Waals surface area contributed by atoms with Gasteiger partial charge in [0.25, 0.3) is 15.9 Å². The maximum Gasteiger partial charge on any atom is 0.338 e. The molecule has 0 aliphatic carbocycles. The molecule has 0 atom stereocenters. The summed E-state index contributed by atoms with van der Waals surface area (Å²) in [6.07, 6.45) is 0. The fourth-order valence-corrected chi connectivity index (χ4v) is 1.55. The molecule has 1 aromatic carbocycles. The van der Waals surface area contributed by atoms with Crippen molar-refractivity contribution in [2.45, 2.75) is 0 Å². The molecule has 17 heavy (non-hydrogen) atoms. The smallest absolute Gasteiger partial charge is 0.338 e. The molecule has 0 saturated carbocycles. The number of anilines is 1. The Hall–Kier alpha value is -2.20. The molecule has 1 rings (SSSR count). The number of nitrogens with two attached hydrogens (primary N) is 1. The van der Waals surface area contributed by atoms with Crippen LogP contribution in [0.25, 0.3) is 0 Å². The van der Waals surface area contributed by atoms with Crippen LogP contribution in [0.5, 0.6) is 0 Å². The summed E-state index contributed by atoms with van der Waals surface area (Å²) in [4.78, 5) is 20.4. The number of carboxylic acid groups (broad SMARTS) is 1. The van der Waals surface area contributed by atoms with Gasteiger partial charge in [-0.3, -0.25) is 14.8 Å². The van der Waals surface area contributed by atoms with Crippen molar-refractivity contribution in [3.8, 4) is 0 Å². The van der Waals surface area contributed by atoms with Crippen LogP contribution in [0.3, 0.4) is 0 Å². The lowest BCUT2D eigenvalue weighted by Gasteiger charge is -2.06. The fraction of sp³-hybridized carbons (Fsp3) is 0. The van der Waals surface area contributed by atoms with Gasteiger partial charge in [0.15, 0.2) is 0 Å². The summed E-state index contributed by atoms with van der Waals surface area (Å²) in [5.74, 6) is -1.51. The topological polar surface area (TPSA) is 153 Å². The lowest BCUT2D eigenvalue weighted by atomic mass is 10.1. The van der Waals surface area contributed by atoms with Crippen LogP contribution in [0, 0.1) is 10.1 Å². The predicted octanol–water partition coefficient (Wildman–Crippen LogP) is -0.0916. The van der Waals surface area contributed by atoms with Crippen LogP contribution < -0.4 is 9.86 Å². The molecular formula is C7H7N3O6S. The summed E-state index contributed by atoms with van der Waals surface area (Å²) in [5.41, 5.74) is -1.37. The molecule has 9 nitrogen and oxygen atoms in total. The van der Waals surface area contributed by atoms with Gasteiger partial charge in [0.1, 0.15) is 0 Å². The highest BCUT2D eigenvalue weighted by atomic mass is 32.2. The molecule has 0 aliphatic rings. The predicted molar refractivity (Wildman–Crippen MR) is 56.8 cm³/mol. The lowest BCUT2D eigenvalue weighted by molar-refractivity contribution is -0.384. The van der Waals surface area contributed by atoms with E-state index in [9.17, 15) is 23.3 Å². The standard InChI is InChI=1S/C7H7N3O6S/c8-17(15,16)9-6-2-1-4(10(13)14)3-5(6)7(11)12/h1-3,9H,(H,11,12)(H2,8,15,16). The van der Waals surface area contributed by atoms with Crippen molar-refractivity contribution in [1.82, 2.24) is 0 Å². The molecule has 0 aliphatic heterocycles. The zero-order valence-corrected chi connectivity index (χ0v) is 8.97. The monoisotopic (exact) mass is 261 g/mol. The molecule has 0 fully saturated rings. The number of hydrogen-bond donors (Lipinski definition) is 3. The zero-order chi connectivity index (χ0) is 13.2. The van der Waals surface area contributed by atoms with Crippen molar-refractivity contribution >= 4 is 27.6 Å². The number of hydrogen-bond acceptors (Lipinski definition) is 5. The van der Waals surface area contributed by atoms with Gasteiger partial charge in [0, 0.05) is 12.1 Å². The third-order valence-electron chi connectivity index (χ3n) is 1.70. The highest BCUT2D eigenvalue weighted by Gasteiger charge is 2.17. The van der Waals surface area contributed by atoms with E-state index in [4.69, 9.17) is 5.11 Å². The number of benzene rings is 1. The number of carbonyl (C=O) groups is 1. The van der Waals surface area contributed by atoms with Crippen molar-refractivity contribution in [2.24, 2.45) is 5.14 Å². The number of nitro groups is 1. The molecule has 0 aromatic heterocycles. The van der Waals surface area contributed by atoms with E-state index in [1.807, 2.05) is 0 Å². The van der Waals surface area contributed by atoms with Gasteiger partial charge < -0.3 is 5.11 Å². The van der Waals surface area contributed by atoms with Crippen LogP contribution in [0.1, 0.15) is 10.4 Å². The number of rotatable bonds is 4. The minimum atomic E-state index is -4.15. The average Bonchev–Trinajstić information content (AvgIpc) is 2.14. The van der Waals surface area contributed by atoms with E-state index < -0.39 is 32.4 Å². The number of nitrogens with zero attached hydrogens (tertiary/aromatic N) is 1. The molecule has 0 unspecified atom stereocenters. The van der Waals surface area contributed by atoms with E-state index >= 15 is 0 Å². The van der Waals surface area contributed by atoms with Gasteiger partial charge >= 0.3 is 5.97 Å². The van der Waals surface area contributed by atoms with Crippen LogP contribution in [-0.4, -0.2) is 24.4 Å². The summed E-state index contributed by atoms with van der Waals surface area (Å²) in [7, 11) is -4.15. The van der Waals surface area contributed by atoms with Crippen molar-refractivity contribution in [3.63, 3.8) is 0 Å². The molecule has 0 amide bonds. The Labute approximate surface area is 95.2 Å². The van der Waals surface area contributed by atoms with Crippen LogP contribution >= 0.6 is 0 Å². The maximum atomic E-state index is 10.8. The normalized spacial score (nSPS) is 10.9. The Morgan fingerprint density at radius 1 is 1.47 bits per heavy atom. The molecular weight excluding hydrogens is 254 g/mol. The van der Waals surface area contributed by atoms with Gasteiger partial charge in [-0.25, -0.2) is 9.93 Å². The van der Waals surface area contributed by atoms with Gasteiger partial charge in [0.2, 0.25) is 0 Å². The fourth-order valence-electron chi connectivity index (χ4n) is 1.07. The first kappa shape index (κ1) is 12.9. The molecule has 0 heterocycles. The van der Waals surface area contributed by atoms with E-state index in [2.05, 4.69) is 5.14 Å². The summed E-state index contributed by atoms with van der Waals surface area (Å²) in [6, 6.07) is 2.64. The van der Waals surface area contributed by atoms with Crippen LogP contribution in [0.2, 0.25) is 0 Å². The average molecular weight is 261 g/mol. The summed E-state index contributed by atoms with van der Waals surface area (Å²) < 4.78 is 23.2. The molecule has 1 aromatic rings. The summed E-state index contributed by atoms with van der Waals surface area (Å²) in [5, 5.41) is 23.9. The Morgan fingerprint density at radius 3 is 2.47 bits per heavy atom. The highest BCUT2D eigenvalue weighted by Crippen LogP contribution is 2.22. The first-order chi connectivity index (χ1) is 7.70. The van der Waals surface area contributed by atoms with Crippen LogP contribution in [0.15, 0.2) is 18.2 Å². The Kier molecular flexibility index (Phi) is 3.29. The van der Waals surface area contributed by atoms with Crippen LogP contribution in [0.4, 0.5) is 11.4 Å². The number of aromatic carboxylic acids is 1. The van der Waals surface area contributed by atoms with Gasteiger partial charge in [-0.2, -0.15) is 8.42 Å². The summed E-state index contributed by atoms with van der Waals surface area (Å²) >= 11 is 0. The van der Waals surface area contributed by atoms with E-state index in [0.717, 1.165) is 18.2 Å². The molecule has 0 bridgehead atoms. The second kappa shape index (κ2) is 4.35. The molecule has 92 valence electrons. The molecule has 0 spiro atoms. The first-order valence-corrected chi connectivity index (χ1v) is 5.57. The van der Waals surface area contributed by atoms with Gasteiger partial charge in [-0.05, 0) is 6.07 Å². The van der Waals surface area contributed by atoms with E-state index in [0.29, 0.717) is 0 Å².